The molecule has 0 radical (unpaired) electrons. The van der Waals surface area contributed by atoms with Gasteiger partial charge < -0.3 is 15.0 Å². The zero-order valence-corrected chi connectivity index (χ0v) is 11.3. The normalized spacial score (nSPS) is 10.7. The minimum Gasteiger partial charge on any atom is -0.506 e. The molecule has 1 amide bonds. The lowest BCUT2D eigenvalue weighted by Crippen LogP contribution is -2.32. The molecule has 1 heterocycles. The Morgan fingerprint density at radius 2 is 2.16 bits per heavy atom. The summed E-state index contributed by atoms with van der Waals surface area (Å²) in [6.07, 6.45) is 0. The van der Waals surface area contributed by atoms with Crippen LogP contribution in [-0.2, 0) is 7.05 Å². The summed E-state index contributed by atoms with van der Waals surface area (Å²) in [4.78, 5) is 24.0. The van der Waals surface area contributed by atoms with Crippen molar-refractivity contribution >= 4 is 28.4 Å². The Kier molecular flexibility index (Phi) is 3.48. The number of aromatic hydroxyl groups is 1. The molecule has 2 N–H and O–H groups in total. The quantitative estimate of drug-likeness (QED) is 0.879. The second-order valence-electron chi connectivity index (χ2n) is 4.08. The second-order valence-corrected chi connectivity index (χ2v) is 4.49. The number of nitrogens with zero attached hydrogens (tertiary/aromatic N) is 1. The van der Waals surface area contributed by atoms with Crippen molar-refractivity contribution in [3.63, 3.8) is 0 Å². The first-order chi connectivity index (χ1) is 8.99. The number of benzene rings is 1. The van der Waals surface area contributed by atoms with Gasteiger partial charge in [0.1, 0.15) is 11.3 Å². The fourth-order valence-electron chi connectivity index (χ4n) is 1.98. The average molecular weight is 281 g/mol. The molecule has 1 aromatic carbocycles. The number of amides is 1. The van der Waals surface area contributed by atoms with Gasteiger partial charge >= 0.3 is 0 Å². The summed E-state index contributed by atoms with van der Waals surface area (Å²) in [5.74, 6) is -0.989. The van der Waals surface area contributed by atoms with Gasteiger partial charge in [-0.25, -0.2) is 0 Å². The number of carbonyl (C=O) groups excluding carboxylic acids is 1. The number of hydrogen-bond donors (Lipinski definition) is 2. The summed E-state index contributed by atoms with van der Waals surface area (Å²) in [6.45, 7) is 2.09. The molecule has 0 aliphatic carbocycles. The van der Waals surface area contributed by atoms with Crippen LogP contribution in [0.2, 0.25) is 5.02 Å². The largest absolute Gasteiger partial charge is 0.506 e. The van der Waals surface area contributed by atoms with Crippen molar-refractivity contribution in [2.24, 2.45) is 7.05 Å². The minimum absolute atomic E-state index is 0.287. The molecule has 5 nitrogen and oxygen atoms in total. The Bertz CT molecular complexity index is 722. The van der Waals surface area contributed by atoms with Gasteiger partial charge in [-0.05, 0) is 19.1 Å². The highest BCUT2D eigenvalue weighted by Crippen LogP contribution is 2.32. The number of aromatic nitrogens is 1. The molecular weight excluding hydrogens is 268 g/mol. The average Bonchev–Trinajstić information content (AvgIpc) is 2.36. The molecule has 100 valence electrons. The van der Waals surface area contributed by atoms with Crippen LogP contribution in [0.15, 0.2) is 23.0 Å². The van der Waals surface area contributed by atoms with Gasteiger partial charge in [0.2, 0.25) is 0 Å². The van der Waals surface area contributed by atoms with E-state index in [-0.39, 0.29) is 16.3 Å². The third-order valence-electron chi connectivity index (χ3n) is 2.91. The molecule has 19 heavy (non-hydrogen) atoms. The fraction of sp³-hybridized carbons (Fsp3) is 0.231. The highest BCUT2D eigenvalue weighted by Gasteiger charge is 2.21. The van der Waals surface area contributed by atoms with Crippen molar-refractivity contribution in [2.75, 3.05) is 6.54 Å². The topological polar surface area (TPSA) is 71.3 Å². The molecule has 0 unspecified atom stereocenters. The number of fused-ring (bicyclic) bond motifs is 1. The maximum atomic E-state index is 12.1. The van der Waals surface area contributed by atoms with Gasteiger partial charge in [-0.2, -0.15) is 0 Å². The van der Waals surface area contributed by atoms with Crippen LogP contribution in [0.1, 0.15) is 17.3 Å². The van der Waals surface area contributed by atoms with Gasteiger partial charge in [0.25, 0.3) is 11.5 Å². The highest BCUT2D eigenvalue weighted by molar-refractivity contribution is 6.36. The van der Waals surface area contributed by atoms with E-state index >= 15 is 0 Å². The van der Waals surface area contributed by atoms with E-state index in [0.29, 0.717) is 17.4 Å². The van der Waals surface area contributed by atoms with E-state index in [1.165, 1.54) is 11.6 Å². The number of rotatable bonds is 2. The Morgan fingerprint density at radius 1 is 1.47 bits per heavy atom. The van der Waals surface area contributed by atoms with Crippen LogP contribution in [0, 0.1) is 0 Å². The van der Waals surface area contributed by atoms with Gasteiger partial charge in [-0.1, -0.05) is 17.7 Å². The molecule has 2 rings (SSSR count). The first-order valence-electron chi connectivity index (χ1n) is 5.77. The lowest BCUT2D eigenvalue weighted by Gasteiger charge is -2.12. The fourth-order valence-corrected chi connectivity index (χ4v) is 2.24. The minimum atomic E-state index is -0.609. The van der Waals surface area contributed by atoms with Crippen molar-refractivity contribution in [1.82, 2.24) is 9.88 Å². The number of carbonyl (C=O) groups is 1. The summed E-state index contributed by atoms with van der Waals surface area (Å²) in [6, 6.07) is 4.93. The zero-order chi connectivity index (χ0) is 14.2. The smallest absolute Gasteiger partial charge is 0.267 e. The van der Waals surface area contributed by atoms with Gasteiger partial charge in [0.05, 0.1) is 15.9 Å². The van der Waals surface area contributed by atoms with Crippen LogP contribution < -0.4 is 10.9 Å². The molecule has 6 heteroatoms. The third-order valence-corrected chi connectivity index (χ3v) is 3.22. The summed E-state index contributed by atoms with van der Waals surface area (Å²) >= 11 is 6.03. The first kappa shape index (κ1) is 13.4. The van der Waals surface area contributed by atoms with Crippen LogP contribution in [-0.4, -0.2) is 22.1 Å². The van der Waals surface area contributed by atoms with Crippen molar-refractivity contribution in [3.8, 4) is 5.75 Å². The van der Waals surface area contributed by atoms with Crippen molar-refractivity contribution in [3.05, 3.63) is 39.1 Å². The van der Waals surface area contributed by atoms with Crippen molar-refractivity contribution in [1.29, 1.82) is 0 Å². The third kappa shape index (κ3) is 2.06. The van der Waals surface area contributed by atoms with Gasteiger partial charge in [-0.3, -0.25) is 9.59 Å². The molecule has 0 bridgehead atoms. The maximum Gasteiger partial charge on any atom is 0.267 e. The summed E-state index contributed by atoms with van der Waals surface area (Å²) in [5.41, 5.74) is -0.369. The van der Waals surface area contributed by atoms with E-state index in [0.717, 1.165) is 0 Å². The molecule has 0 aliphatic rings. The van der Waals surface area contributed by atoms with Gasteiger partial charge in [0, 0.05) is 13.6 Å². The summed E-state index contributed by atoms with van der Waals surface area (Å²) < 4.78 is 1.30. The van der Waals surface area contributed by atoms with E-state index in [1.807, 2.05) is 0 Å². The van der Waals surface area contributed by atoms with E-state index in [4.69, 9.17) is 11.6 Å². The second kappa shape index (κ2) is 4.93. The number of pyridine rings is 1. The van der Waals surface area contributed by atoms with E-state index in [1.54, 1.807) is 25.1 Å². The van der Waals surface area contributed by atoms with Crippen LogP contribution in [0.5, 0.6) is 5.75 Å². The standard InChI is InChI=1S/C13H13ClN2O3/c1-3-15-12(18)10-11(17)9-7(14)5-4-6-8(9)16(2)13(10)19/h4-6,17H,3H2,1-2H3,(H,15,18). The number of aryl methyl sites for hydroxylation is 1. The van der Waals surface area contributed by atoms with Crippen molar-refractivity contribution in [2.45, 2.75) is 6.92 Å². The first-order valence-corrected chi connectivity index (χ1v) is 6.15. The molecule has 0 saturated carbocycles. The predicted molar refractivity (Wildman–Crippen MR) is 73.9 cm³/mol. The molecule has 0 saturated heterocycles. The molecule has 0 atom stereocenters. The summed E-state index contributed by atoms with van der Waals surface area (Å²) in [5, 5.41) is 13.3. The maximum absolute atomic E-state index is 12.1. The molecule has 0 fully saturated rings. The number of halogens is 1. The van der Waals surface area contributed by atoms with E-state index in [2.05, 4.69) is 5.32 Å². The van der Waals surface area contributed by atoms with Crippen LogP contribution in [0.3, 0.4) is 0 Å². The van der Waals surface area contributed by atoms with Crippen molar-refractivity contribution < 1.29 is 9.90 Å². The Balaban J connectivity index is 2.91. The van der Waals surface area contributed by atoms with Crippen LogP contribution in [0.4, 0.5) is 0 Å². The molecule has 2 aromatic rings. The van der Waals surface area contributed by atoms with Crippen LogP contribution >= 0.6 is 11.6 Å². The van der Waals surface area contributed by atoms with Gasteiger partial charge in [-0.15, -0.1) is 0 Å². The van der Waals surface area contributed by atoms with E-state index in [9.17, 15) is 14.7 Å². The Morgan fingerprint density at radius 3 is 2.79 bits per heavy atom. The zero-order valence-electron chi connectivity index (χ0n) is 10.5. The monoisotopic (exact) mass is 280 g/mol. The molecule has 0 spiro atoms. The lowest BCUT2D eigenvalue weighted by atomic mass is 10.1. The SMILES string of the molecule is CCNC(=O)c1c(O)c2c(Cl)cccc2n(C)c1=O. The van der Waals surface area contributed by atoms with E-state index < -0.39 is 11.5 Å². The number of nitrogens with one attached hydrogen (secondary N) is 1. The Hall–Kier alpha value is -2.01. The molecular formula is C13H13ClN2O3. The van der Waals surface area contributed by atoms with Crippen LogP contribution in [0.25, 0.3) is 10.9 Å². The lowest BCUT2D eigenvalue weighted by molar-refractivity contribution is 0.0951. The molecule has 1 aromatic heterocycles. The highest BCUT2D eigenvalue weighted by atomic mass is 35.5. The predicted octanol–water partition coefficient (Wildman–Crippen LogP) is 1.65. The summed E-state index contributed by atoms with van der Waals surface area (Å²) in [7, 11) is 1.53. The number of hydrogen-bond acceptors (Lipinski definition) is 3. The molecule has 0 aliphatic heterocycles. The Labute approximate surface area is 114 Å². The van der Waals surface area contributed by atoms with Gasteiger partial charge in [0.15, 0.2) is 0 Å².